The van der Waals surface area contributed by atoms with Gasteiger partial charge in [0.1, 0.15) is 6.17 Å². The Bertz CT molecular complexity index is 754. The molecule has 2 atom stereocenters. The molecule has 0 radical (unpaired) electrons. The number of nitrogens with zero attached hydrogens (tertiary/aromatic N) is 1. The first kappa shape index (κ1) is 12.1. The zero-order valence-corrected chi connectivity index (χ0v) is 10.1. The van der Waals surface area contributed by atoms with Crippen LogP contribution in [0.2, 0.25) is 0 Å². The van der Waals surface area contributed by atoms with Gasteiger partial charge in [-0.1, -0.05) is 0 Å². The first-order valence-corrected chi connectivity index (χ1v) is 5.85. The topological polar surface area (TPSA) is 48.0 Å². The fourth-order valence-electron chi connectivity index (χ4n) is 2.41. The molecule has 1 saturated carbocycles. The Balaban J connectivity index is 2.50. The number of nitrogens with two attached hydrogens (primary N) is 1. The van der Waals surface area contributed by atoms with Crippen molar-refractivity contribution in [2.75, 3.05) is 5.73 Å². The summed E-state index contributed by atoms with van der Waals surface area (Å²) in [5.74, 6) is -2.33. The summed E-state index contributed by atoms with van der Waals surface area (Å²) in [6.45, 7) is 1.35. The van der Waals surface area contributed by atoms with E-state index in [1.807, 2.05) is 0 Å². The molecular formula is C13H11F3N2O. The van der Waals surface area contributed by atoms with Gasteiger partial charge in [0, 0.05) is 24.2 Å². The van der Waals surface area contributed by atoms with Crippen molar-refractivity contribution in [2.45, 2.75) is 25.6 Å². The van der Waals surface area contributed by atoms with Crippen LogP contribution in [0.4, 0.5) is 18.9 Å². The Morgan fingerprint density at radius 2 is 2.00 bits per heavy atom. The van der Waals surface area contributed by atoms with E-state index in [1.54, 1.807) is 0 Å². The molecule has 1 aromatic heterocycles. The monoisotopic (exact) mass is 268 g/mol. The minimum atomic E-state index is -1.23. The number of aryl methyl sites for hydroxylation is 1. The van der Waals surface area contributed by atoms with E-state index < -0.39 is 35.0 Å². The molecule has 3 rings (SSSR count). The third-order valence-corrected chi connectivity index (χ3v) is 3.55. The fraction of sp³-hybridized carbons (Fsp3) is 0.308. The van der Waals surface area contributed by atoms with Crippen LogP contribution < -0.4 is 11.2 Å². The molecule has 100 valence electrons. The number of pyridine rings is 1. The van der Waals surface area contributed by atoms with Gasteiger partial charge >= 0.3 is 0 Å². The smallest absolute Gasteiger partial charge is 0.191 e. The normalized spacial score (nSPS) is 21.9. The third kappa shape index (κ3) is 1.55. The number of hydrogen-bond acceptors (Lipinski definition) is 2. The average molecular weight is 268 g/mol. The van der Waals surface area contributed by atoms with Gasteiger partial charge in [0.2, 0.25) is 0 Å². The highest BCUT2D eigenvalue weighted by Crippen LogP contribution is 2.41. The molecule has 0 aliphatic heterocycles. The van der Waals surface area contributed by atoms with Gasteiger partial charge in [-0.05, 0) is 6.92 Å². The SMILES string of the molecule is Cc1c(F)c(F)c(N)c2c(=O)ccn([C@@H]3C[C@@H]3F)c12. The minimum Gasteiger partial charge on any atom is -0.396 e. The van der Waals surface area contributed by atoms with Crippen LogP contribution in [0.25, 0.3) is 10.9 Å². The van der Waals surface area contributed by atoms with Crippen LogP contribution in [0, 0.1) is 18.6 Å². The predicted octanol–water partition coefficient (Wildman–Crippen LogP) is 2.45. The molecule has 6 heteroatoms. The Morgan fingerprint density at radius 1 is 1.37 bits per heavy atom. The van der Waals surface area contributed by atoms with Crippen LogP contribution in [0.1, 0.15) is 18.0 Å². The number of alkyl halides is 1. The summed E-state index contributed by atoms with van der Waals surface area (Å²) in [7, 11) is 0. The van der Waals surface area contributed by atoms with Crippen molar-refractivity contribution in [1.82, 2.24) is 4.57 Å². The van der Waals surface area contributed by atoms with Crippen molar-refractivity contribution in [3.63, 3.8) is 0 Å². The highest BCUT2D eigenvalue weighted by Gasteiger charge is 2.40. The average Bonchev–Trinajstić information content (AvgIpc) is 3.10. The van der Waals surface area contributed by atoms with Crippen molar-refractivity contribution in [2.24, 2.45) is 0 Å². The summed E-state index contributed by atoms with van der Waals surface area (Å²) in [6.07, 6.45) is 0.675. The lowest BCUT2D eigenvalue weighted by Gasteiger charge is -2.14. The maximum Gasteiger partial charge on any atom is 0.191 e. The van der Waals surface area contributed by atoms with Crippen LogP contribution >= 0.6 is 0 Å². The van der Waals surface area contributed by atoms with Crippen molar-refractivity contribution in [3.05, 3.63) is 39.7 Å². The Hall–Kier alpha value is -1.98. The first-order chi connectivity index (χ1) is 8.93. The van der Waals surface area contributed by atoms with E-state index in [1.165, 1.54) is 23.8 Å². The van der Waals surface area contributed by atoms with Crippen molar-refractivity contribution in [1.29, 1.82) is 0 Å². The molecule has 0 spiro atoms. The maximum atomic E-state index is 13.8. The largest absolute Gasteiger partial charge is 0.396 e. The number of benzene rings is 1. The van der Waals surface area contributed by atoms with E-state index in [0.717, 1.165) is 0 Å². The lowest BCUT2D eigenvalue weighted by atomic mass is 10.1. The highest BCUT2D eigenvalue weighted by molar-refractivity contribution is 5.93. The van der Waals surface area contributed by atoms with Crippen molar-refractivity contribution < 1.29 is 13.2 Å². The third-order valence-electron chi connectivity index (χ3n) is 3.55. The predicted molar refractivity (Wildman–Crippen MR) is 65.8 cm³/mol. The number of halogens is 3. The van der Waals surface area contributed by atoms with Crippen molar-refractivity contribution in [3.8, 4) is 0 Å². The van der Waals surface area contributed by atoms with E-state index in [2.05, 4.69) is 0 Å². The first-order valence-electron chi connectivity index (χ1n) is 5.85. The van der Waals surface area contributed by atoms with Crippen LogP contribution in [0.5, 0.6) is 0 Å². The zero-order valence-electron chi connectivity index (χ0n) is 10.1. The number of aromatic nitrogens is 1. The molecule has 19 heavy (non-hydrogen) atoms. The fourth-order valence-corrected chi connectivity index (χ4v) is 2.41. The zero-order chi connectivity index (χ0) is 13.9. The maximum absolute atomic E-state index is 13.8. The summed E-state index contributed by atoms with van der Waals surface area (Å²) in [6, 6.07) is 0.756. The molecule has 1 aromatic carbocycles. The number of nitrogen functional groups attached to an aromatic ring is 1. The van der Waals surface area contributed by atoms with Crippen LogP contribution in [-0.4, -0.2) is 10.7 Å². The van der Waals surface area contributed by atoms with Gasteiger partial charge in [-0.25, -0.2) is 13.2 Å². The highest BCUT2D eigenvalue weighted by atomic mass is 19.2. The molecule has 1 heterocycles. The van der Waals surface area contributed by atoms with Crippen molar-refractivity contribution >= 4 is 16.6 Å². The van der Waals surface area contributed by atoms with Gasteiger partial charge in [-0.3, -0.25) is 4.79 Å². The molecule has 2 N–H and O–H groups in total. The summed E-state index contributed by atoms with van der Waals surface area (Å²) in [4.78, 5) is 11.8. The summed E-state index contributed by atoms with van der Waals surface area (Å²) in [5.41, 5.74) is 4.62. The van der Waals surface area contributed by atoms with Crippen LogP contribution in [0.15, 0.2) is 17.1 Å². The Morgan fingerprint density at radius 3 is 2.58 bits per heavy atom. The van der Waals surface area contributed by atoms with Crippen LogP contribution in [-0.2, 0) is 0 Å². The van der Waals surface area contributed by atoms with E-state index in [9.17, 15) is 18.0 Å². The Labute approximate surface area is 106 Å². The molecule has 0 amide bonds. The summed E-state index contributed by atoms with van der Waals surface area (Å²) < 4.78 is 42.0. The molecule has 1 aliphatic carbocycles. The van der Waals surface area contributed by atoms with E-state index in [4.69, 9.17) is 5.73 Å². The second-order valence-electron chi connectivity index (χ2n) is 4.80. The van der Waals surface area contributed by atoms with Gasteiger partial charge in [-0.2, -0.15) is 0 Å². The van der Waals surface area contributed by atoms with Gasteiger partial charge in [0.05, 0.1) is 22.6 Å². The summed E-state index contributed by atoms with van der Waals surface area (Å²) in [5, 5.41) is -0.0852. The molecule has 0 saturated heterocycles. The quantitative estimate of drug-likeness (QED) is 0.808. The lowest BCUT2D eigenvalue weighted by molar-refractivity contribution is 0.443. The molecule has 0 bridgehead atoms. The van der Waals surface area contributed by atoms with Crippen LogP contribution in [0.3, 0.4) is 0 Å². The van der Waals surface area contributed by atoms with E-state index in [0.29, 0.717) is 6.42 Å². The molecule has 2 aromatic rings. The molecule has 3 nitrogen and oxygen atoms in total. The number of rotatable bonds is 1. The molecule has 1 aliphatic rings. The number of anilines is 1. The Kier molecular flexibility index (Phi) is 2.39. The standard InChI is InChI=1S/C13H11F3N2O/c1-5-10(15)11(16)12(17)9-8(19)2-3-18(13(5)9)7-4-6(7)14/h2-3,6-7H,4,17H2,1H3/t6-,7+/m0/s1. The summed E-state index contributed by atoms with van der Waals surface area (Å²) >= 11 is 0. The van der Waals surface area contributed by atoms with Gasteiger partial charge < -0.3 is 10.3 Å². The second kappa shape index (κ2) is 3.76. The van der Waals surface area contributed by atoms with Gasteiger partial charge in [-0.15, -0.1) is 0 Å². The second-order valence-corrected chi connectivity index (χ2v) is 4.80. The van der Waals surface area contributed by atoms with E-state index >= 15 is 0 Å². The lowest BCUT2D eigenvalue weighted by Crippen LogP contribution is -2.14. The van der Waals surface area contributed by atoms with Gasteiger partial charge in [0.25, 0.3) is 0 Å². The molecule has 1 fully saturated rings. The molecule has 0 unspecified atom stereocenters. The van der Waals surface area contributed by atoms with Gasteiger partial charge in [0.15, 0.2) is 17.1 Å². The minimum absolute atomic E-state index is 0.0292. The van der Waals surface area contributed by atoms with E-state index in [-0.39, 0.29) is 16.5 Å². The molecular weight excluding hydrogens is 257 g/mol. The number of fused-ring (bicyclic) bond motifs is 1. The number of hydrogen-bond donors (Lipinski definition) is 1.